The fourth-order valence-electron chi connectivity index (χ4n) is 2.25. The van der Waals surface area contributed by atoms with Gasteiger partial charge in [-0.3, -0.25) is 9.59 Å². The van der Waals surface area contributed by atoms with Crippen LogP contribution in [0.1, 0.15) is 44.9 Å². The van der Waals surface area contributed by atoms with Crippen LogP contribution >= 0.6 is 0 Å². The number of carboxylic acids is 1. The van der Waals surface area contributed by atoms with Crippen LogP contribution in [0.4, 0.5) is 0 Å². The van der Waals surface area contributed by atoms with Gasteiger partial charge in [-0.05, 0) is 25.3 Å². The summed E-state index contributed by atoms with van der Waals surface area (Å²) in [5.41, 5.74) is 0. The van der Waals surface area contributed by atoms with Gasteiger partial charge < -0.3 is 14.9 Å². The van der Waals surface area contributed by atoms with Crippen LogP contribution in [0.15, 0.2) is 12.7 Å². The smallest absolute Gasteiger partial charge is 0.303 e. The molecule has 5 nitrogen and oxygen atoms in total. The van der Waals surface area contributed by atoms with Gasteiger partial charge in [0.2, 0.25) is 5.91 Å². The van der Waals surface area contributed by atoms with Gasteiger partial charge in [0, 0.05) is 19.4 Å². The molecule has 5 heteroatoms. The maximum Gasteiger partial charge on any atom is 0.303 e. The van der Waals surface area contributed by atoms with E-state index in [0.29, 0.717) is 6.54 Å². The van der Waals surface area contributed by atoms with Gasteiger partial charge in [-0.25, -0.2) is 0 Å². The lowest BCUT2D eigenvalue weighted by Crippen LogP contribution is -2.42. The van der Waals surface area contributed by atoms with Gasteiger partial charge in [0.15, 0.2) is 0 Å². The molecule has 122 valence electrons. The van der Waals surface area contributed by atoms with E-state index in [0.717, 1.165) is 49.7 Å². The van der Waals surface area contributed by atoms with E-state index in [1.54, 1.807) is 0 Å². The van der Waals surface area contributed by atoms with Gasteiger partial charge in [-0.2, -0.15) is 0 Å². The van der Waals surface area contributed by atoms with Gasteiger partial charge in [0.1, 0.15) is 0 Å². The zero-order valence-corrected chi connectivity index (χ0v) is 13.6. The molecule has 0 unspecified atom stereocenters. The number of amides is 1. The van der Waals surface area contributed by atoms with Crippen molar-refractivity contribution < 1.29 is 19.2 Å². The number of hydrogen-bond donors (Lipinski definition) is 2. The molecule has 1 amide bonds. The van der Waals surface area contributed by atoms with E-state index in [9.17, 15) is 9.59 Å². The molecule has 0 heterocycles. The molecule has 0 aliphatic carbocycles. The molecule has 0 atom stereocenters. The highest BCUT2D eigenvalue weighted by molar-refractivity contribution is 5.86. The monoisotopic (exact) mass is 299 g/mol. The van der Waals surface area contributed by atoms with Crippen molar-refractivity contribution in [3.8, 4) is 0 Å². The van der Waals surface area contributed by atoms with Crippen LogP contribution in [-0.4, -0.2) is 55.2 Å². The molecule has 0 rings (SSSR count). The zero-order chi connectivity index (χ0) is 16.1. The van der Waals surface area contributed by atoms with Gasteiger partial charge in [0.05, 0.1) is 27.2 Å². The second-order valence-corrected chi connectivity index (χ2v) is 6.14. The van der Waals surface area contributed by atoms with Crippen molar-refractivity contribution in [1.29, 1.82) is 0 Å². The summed E-state index contributed by atoms with van der Waals surface area (Å²) in [4.78, 5) is 21.4. The lowest BCUT2D eigenvalue weighted by Gasteiger charge is -2.30. The summed E-state index contributed by atoms with van der Waals surface area (Å²) in [6.45, 7) is 6.27. The third-order valence-corrected chi connectivity index (χ3v) is 3.58. The number of quaternary nitrogens is 1. The van der Waals surface area contributed by atoms with Gasteiger partial charge >= 0.3 is 5.97 Å². The van der Waals surface area contributed by atoms with Crippen molar-refractivity contribution in [2.45, 2.75) is 44.9 Å². The first-order chi connectivity index (χ1) is 9.87. The van der Waals surface area contributed by atoms with Gasteiger partial charge in [-0.15, -0.1) is 0 Å². The van der Waals surface area contributed by atoms with Crippen molar-refractivity contribution in [2.24, 2.45) is 0 Å². The standard InChI is InChI=1S/C16H30N2O3/c1-4-15(19)17-12-10-14-18(2,3)13-9-7-5-6-8-11-16(20)21/h4H,1,5-14H2,2-3H3,(H-,17,19,20,21)/p+1. The van der Waals surface area contributed by atoms with Crippen LogP contribution in [0.2, 0.25) is 0 Å². The second kappa shape index (κ2) is 11.3. The Kier molecular flexibility index (Phi) is 10.6. The van der Waals surface area contributed by atoms with Crippen LogP contribution in [0.25, 0.3) is 0 Å². The van der Waals surface area contributed by atoms with Gasteiger partial charge in [-0.1, -0.05) is 19.4 Å². The lowest BCUT2D eigenvalue weighted by atomic mass is 10.1. The highest BCUT2D eigenvalue weighted by Gasteiger charge is 2.13. The van der Waals surface area contributed by atoms with Crippen molar-refractivity contribution in [1.82, 2.24) is 5.32 Å². The van der Waals surface area contributed by atoms with Crippen LogP contribution in [0.3, 0.4) is 0 Å². The molecule has 0 aromatic rings. The topological polar surface area (TPSA) is 66.4 Å². The summed E-state index contributed by atoms with van der Waals surface area (Å²) >= 11 is 0. The third-order valence-electron chi connectivity index (χ3n) is 3.58. The Morgan fingerprint density at radius 1 is 1.05 bits per heavy atom. The molecule has 0 aliphatic heterocycles. The van der Waals surface area contributed by atoms with E-state index in [1.807, 2.05) is 0 Å². The summed E-state index contributed by atoms with van der Waals surface area (Å²) in [5, 5.41) is 11.3. The number of rotatable bonds is 13. The number of aliphatic carboxylic acids is 1. The van der Waals surface area contributed by atoms with Crippen LogP contribution in [-0.2, 0) is 9.59 Å². The third kappa shape index (κ3) is 13.4. The number of carboxylic acid groups (broad SMARTS) is 1. The quantitative estimate of drug-likeness (QED) is 0.311. The predicted octanol–water partition coefficient (Wildman–Crippen LogP) is 2.18. The summed E-state index contributed by atoms with van der Waals surface area (Å²) in [5.74, 6) is -0.807. The Morgan fingerprint density at radius 2 is 1.62 bits per heavy atom. The predicted molar refractivity (Wildman–Crippen MR) is 85.0 cm³/mol. The van der Waals surface area contributed by atoms with Gasteiger partial charge in [0.25, 0.3) is 0 Å². The van der Waals surface area contributed by atoms with E-state index in [2.05, 4.69) is 26.0 Å². The average Bonchev–Trinajstić information content (AvgIpc) is 2.41. The Labute approximate surface area is 128 Å². The number of hydrogen-bond acceptors (Lipinski definition) is 2. The second-order valence-electron chi connectivity index (χ2n) is 6.14. The first-order valence-electron chi connectivity index (χ1n) is 7.81. The Morgan fingerprint density at radius 3 is 2.24 bits per heavy atom. The fourth-order valence-corrected chi connectivity index (χ4v) is 2.25. The molecule has 0 bridgehead atoms. The minimum absolute atomic E-state index is 0.110. The van der Waals surface area contributed by atoms with Crippen molar-refractivity contribution >= 4 is 11.9 Å². The number of carbonyl (C=O) groups is 2. The van der Waals surface area contributed by atoms with E-state index in [-0.39, 0.29) is 12.3 Å². The SMILES string of the molecule is C=CC(=O)NCCC[N+](C)(C)CCCCCCCC(=O)O. The minimum Gasteiger partial charge on any atom is -0.481 e. The molecule has 0 aromatic heterocycles. The number of carbonyl (C=O) groups excluding carboxylic acids is 1. The van der Waals surface area contributed by atoms with Crippen molar-refractivity contribution in [3.05, 3.63) is 12.7 Å². The zero-order valence-electron chi connectivity index (χ0n) is 13.6. The van der Waals surface area contributed by atoms with E-state index >= 15 is 0 Å². The van der Waals surface area contributed by atoms with E-state index < -0.39 is 5.97 Å². The van der Waals surface area contributed by atoms with E-state index in [4.69, 9.17) is 5.11 Å². The molecule has 0 radical (unpaired) electrons. The molecule has 0 fully saturated rings. The first-order valence-corrected chi connectivity index (χ1v) is 7.81. The van der Waals surface area contributed by atoms with Crippen LogP contribution in [0, 0.1) is 0 Å². The fraction of sp³-hybridized carbons (Fsp3) is 0.750. The normalized spacial score (nSPS) is 11.1. The molecular formula is C16H31N2O3+. The van der Waals surface area contributed by atoms with Crippen LogP contribution < -0.4 is 5.32 Å². The largest absolute Gasteiger partial charge is 0.481 e. The lowest BCUT2D eigenvalue weighted by molar-refractivity contribution is -0.890. The highest BCUT2D eigenvalue weighted by Crippen LogP contribution is 2.08. The number of nitrogens with zero attached hydrogens (tertiary/aromatic N) is 1. The highest BCUT2D eigenvalue weighted by atomic mass is 16.4. The summed E-state index contributed by atoms with van der Waals surface area (Å²) in [6, 6.07) is 0. The molecular weight excluding hydrogens is 268 g/mol. The average molecular weight is 299 g/mol. The molecule has 0 saturated heterocycles. The Balaban J connectivity index is 3.52. The molecule has 0 spiro atoms. The molecule has 2 N–H and O–H groups in total. The Hall–Kier alpha value is -1.36. The van der Waals surface area contributed by atoms with Crippen molar-refractivity contribution in [2.75, 3.05) is 33.7 Å². The first kappa shape index (κ1) is 19.6. The molecule has 0 aliphatic rings. The number of nitrogens with one attached hydrogen (secondary N) is 1. The molecule has 21 heavy (non-hydrogen) atoms. The summed E-state index contributed by atoms with van der Waals surface area (Å²) < 4.78 is 0.957. The molecule has 0 aromatic carbocycles. The summed E-state index contributed by atoms with van der Waals surface area (Å²) in [6.07, 6.45) is 7.79. The minimum atomic E-state index is -0.698. The van der Waals surface area contributed by atoms with Crippen molar-refractivity contribution in [3.63, 3.8) is 0 Å². The maximum absolute atomic E-state index is 11.0. The summed E-state index contributed by atoms with van der Waals surface area (Å²) in [7, 11) is 4.42. The van der Waals surface area contributed by atoms with Crippen LogP contribution in [0.5, 0.6) is 0 Å². The van der Waals surface area contributed by atoms with E-state index in [1.165, 1.54) is 12.5 Å². The number of unbranched alkanes of at least 4 members (excludes halogenated alkanes) is 4. The molecule has 0 saturated carbocycles. The maximum atomic E-state index is 11.0. The Bertz CT molecular complexity index is 327.